The molecule has 0 amide bonds. The van der Waals surface area contributed by atoms with Crippen LogP contribution < -0.4 is 10.6 Å². The lowest BCUT2D eigenvalue weighted by molar-refractivity contribution is -0.384. The average Bonchev–Trinajstić information content (AvgIpc) is 2.84. The summed E-state index contributed by atoms with van der Waals surface area (Å²) < 4.78 is 1.79. The fourth-order valence-corrected chi connectivity index (χ4v) is 1.81. The Bertz CT molecular complexity index is 610. The Kier molecular flexibility index (Phi) is 4.14. The van der Waals surface area contributed by atoms with E-state index in [0.29, 0.717) is 18.2 Å². The zero-order valence-corrected chi connectivity index (χ0v) is 11.3. The van der Waals surface area contributed by atoms with Crippen molar-refractivity contribution < 1.29 is 4.92 Å². The second-order valence-electron chi connectivity index (χ2n) is 4.23. The summed E-state index contributed by atoms with van der Waals surface area (Å²) >= 11 is 0. The summed E-state index contributed by atoms with van der Waals surface area (Å²) in [5, 5.41) is 20.8. The average molecular weight is 276 g/mol. The molecule has 0 saturated carbocycles. The van der Waals surface area contributed by atoms with Gasteiger partial charge in [0.1, 0.15) is 11.6 Å². The molecule has 0 bridgehead atoms. The van der Waals surface area contributed by atoms with E-state index < -0.39 is 4.92 Å². The number of rotatable bonds is 6. The maximum Gasteiger partial charge on any atom is 0.276 e. The number of hydrogen-bond acceptors (Lipinski definition) is 6. The van der Waals surface area contributed by atoms with Gasteiger partial charge in [0.15, 0.2) is 0 Å². The summed E-state index contributed by atoms with van der Waals surface area (Å²) in [5.41, 5.74) is 1.09. The first kappa shape index (κ1) is 13.8. The Morgan fingerprint density at radius 3 is 2.75 bits per heavy atom. The molecule has 2 aromatic heterocycles. The van der Waals surface area contributed by atoms with Gasteiger partial charge in [-0.25, -0.2) is 4.98 Å². The number of pyridine rings is 1. The van der Waals surface area contributed by atoms with Crippen molar-refractivity contribution in [1.82, 2.24) is 14.8 Å². The van der Waals surface area contributed by atoms with Gasteiger partial charge in [-0.3, -0.25) is 14.8 Å². The fourth-order valence-electron chi connectivity index (χ4n) is 1.81. The first-order valence-corrected chi connectivity index (χ1v) is 6.15. The molecule has 2 aromatic rings. The predicted octanol–water partition coefficient (Wildman–Crippen LogP) is 1.42. The van der Waals surface area contributed by atoms with Crippen LogP contribution in [-0.4, -0.2) is 33.3 Å². The minimum absolute atomic E-state index is 0.00684. The van der Waals surface area contributed by atoms with Crippen LogP contribution in [0.4, 0.5) is 17.3 Å². The molecule has 0 spiro atoms. The van der Waals surface area contributed by atoms with E-state index in [1.165, 1.54) is 12.1 Å². The number of aryl methyl sites for hydroxylation is 1. The van der Waals surface area contributed by atoms with Gasteiger partial charge in [-0.15, -0.1) is 0 Å². The van der Waals surface area contributed by atoms with Crippen LogP contribution in [0.3, 0.4) is 0 Å². The van der Waals surface area contributed by atoms with E-state index in [1.54, 1.807) is 17.9 Å². The largest absolute Gasteiger partial charge is 0.373 e. The molecule has 0 fully saturated rings. The Labute approximate surface area is 116 Å². The van der Waals surface area contributed by atoms with Gasteiger partial charge in [0.25, 0.3) is 5.69 Å². The third-order valence-electron chi connectivity index (χ3n) is 2.89. The van der Waals surface area contributed by atoms with Gasteiger partial charge in [-0.05, 0) is 6.07 Å². The molecule has 0 unspecified atom stereocenters. The highest BCUT2D eigenvalue weighted by atomic mass is 16.6. The molecule has 0 aromatic carbocycles. The van der Waals surface area contributed by atoms with Gasteiger partial charge in [0.2, 0.25) is 0 Å². The van der Waals surface area contributed by atoms with Gasteiger partial charge < -0.3 is 10.6 Å². The highest BCUT2D eigenvalue weighted by Gasteiger charge is 2.10. The van der Waals surface area contributed by atoms with Crippen LogP contribution in [-0.2, 0) is 13.5 Å². The lowest BCUT2D eigenvalue weighted by atomic mass is 10.3. The number of nitrogens with zero attached hydrogens (tertiary/aromatic N) is 4. The maximum atomic E-state index is 10.8. The zero-order valence-electron chi connectivity index (χ0n) is 11.3. The maximum absolute atomic E-state index is 10.8. The van der Waals surface area contributed by atoms with Crippen LogP contribution in [0.15, 0.2) is 24.4 Å². The SMILES string of the molecule is CNc1cc([N+](=O)[O-])cc(NCCc2ccnn2C)n1. The van der Waals surface area contributed by atoms with Crippen molar-refractivity contribution in [1.29, 1.82) is 0 Å². The van der Waals surface area contributed by atoms with E-state index in [2.05, 4.69) is 20.7 Å². The second kappa shape index (κ2) is 6.00. The van der Waals surface area contributed by atoms with E-state index >= 15 is 0 Å². The number of nitrogens with one attached hydrogen (secondary N) is 2. The summed E-state index contributed by atoms with van der Waals surface area (Å²) in [5.74, 6) is 0.938. The minimum Gasteiger partial charge on any atom is -0.373 e. The molecular formula is C12H16N6O2. The summed E-state index contributed by atoms with van der Waals surface area (Å²) in [6, 6.07) is 4.75. The molecule has 0 saturated heterocycles. The quantitative estimate of drug-likeness (QED) is 0.611. The molecule has 2 heterocycles. The van der Waals surface area contributed by atoms with Crippen molar-refractivity contribution in [2.45, 2.75) is 6.42 Å². The number of nitro groups is 1. The van der Waals surface area contributed by atoms with Crippen LogP contribution in [0.2, 0.25) is 0 Å². The summed E-state index contributed by atoms with van der Waals surface area (Å²) in [7, 11) is 3.55. The van der Waals surface area contributed by atoms with E-state index in [0.717, 1.165) is 12.1 Å². The normalized spacial score (nSPS) is 10.3. The van der Waals surface area contributed by atoms with Crippen LogP contribution in [0.5, 0.6) is 0 Å². The van der Waals surface area contributed by atoms with E-state index in [4.69, 9.17) is 0 Å². The van der Waals surface area contributed by atoms with Crippen LogP contribution in [0, 0.1) is 10.1 Å². The molecule has 0 aliphatic heterocycles. The smallest absolute Gasteiger partial charge is 0.276 e. The molecule has 106 valence electrons. The van der Waals surface area contributed by atoms with Gasteiger partial charge in [0, 0.05) is 39.0 Å². The monoisotopic (exact) mass is 276 g/mol. The summed E-state index contributed by atoms with van der Waals surface area (Å²) in [6.07, 6.45) is 2.50. The summed E-state index contributed by atoms with van der Waals surface area (Å²) in [6.45, 7) is 0.622. The molecule has 8 heteroatoms. The van der Waals surface area contributed by atoms with E-state index in [9.17, 15) is 10.1 Å². The van der Waals surface area contributed by atoms with Gasteiger partial charge >= 0.3 is 0 Å². The standard InChI is InChI=1S/C12H16N6O2/c1-13-11-7-10(18(19)20)8-12(16-11)14-5-3-9-4-6-15-17(9)2/h4,6-8H,3,5H2,1-2H3,(H2,13,14,16). The van der Waals surface area contributed by atoms with Crippen LogP contribution in [0.1, 0.15) is 5.69 Å². The van der Waals surface area contributed by atoms with Crippen molar-refractivity contribution in [3.05, 3.63) is 40.2 Å². The molecule has 2 N–H and O–H groups in total. The molecule has 2 rings (SSSR count). The third-order valence-corrected chi connectivity index (χ3v) is 2.89. The van der Waals surface area contributed by atoms with Crippen molar-refractivity contribution in [2.24, 2.45) is 7.05 Å². The fraction of sp³-hybridized carbons (Fsp3) is 0.333. The van der Waals surface area contributed by atoms with Crippen molar-refractivity contribution >= 4 is 17.3 Å². The lowest BCUT2D eigenvalue weighted by Gasteiger charge is -2.08. The minimum atomic E-state index is -0.436. The van der Waals surface area contributed by atoms with Gasteiger partial charge in [-0.2, -0.15) is 5.10 Å². The van der Waals surface area contributed by atoms with E-state index in [1.807, 2.05) is 13.1 Å². The molecular weight excluding hydrogens is 260 g/mol. The van der Waals surface area contributed by atoms with Gasteiger partial charge in [0.05, 0.1) is 17.1 Å². The lowest BCUT2D eigenvalue weighted by Crippen LogP contribution is -2.10. The molecule has 8 nitrogen and oxygen atoms in total. The van der Waals surface area contributed by atoms with Crippen molar-refractivity contribution in [3.8, 4) is 0 Å². The Morgan fingerprint density at radius 1 is 1.40 bits per heavy atom. The van der Waals surface area contributed by atoms with Crippen molar-refractivity contribution in [2.75, 3.05) is 24.2 Å². The first-order chi connectivity index (χ1) is 9.60. The topological polar surface area (TPSA) is 97.9 Å². The second-order valence-corrected chi connectivity index (χ2v) is 4.23. The Balaban J connectivity index is 2.03. The molecule has 0 aliphatic carbocycles. The summed E-state index contributed by atoms with van der Waals surface area (Å²) in [4.78, 5) is 14.6. The predicted molar refractivity (Wildman–Crippen MR) is 75.8 cm³/mol. The molecule has 0 atom stereocenters. The first-order valence-electron chi connectivity index (χ1n) is 6.15. The van der Waals surface area contributed by atoms with Crippen LogP contribution in [0.25, 0.3) is 0 Å². The molecule has 20 heavy (non-hydrogen) atoms. The molecule has 0 aliphatic rings. The number of hydrogen-bond donors (Lipinski definition) is 2. The number of aromatic nitrogens is 3. The third kappa shape index (κ3) is 3.22. The Morgan fingerprint density at radius 2 is 2.15 bits per heavy atom. The van der Waals surface area contributed by atoms with E-state index in [-0.39, 0.29) is 5.69 Å². The van der Waals surface area contributed by atoms with Crippen molar-refractivity contribution in [3.63, 3.8) is 0 Å². The highest BCUT2D eigenvalue weighted by Crippen LogP contribution is 2.20. The number of anilines is 2. The highest BCUT2D eigenvalue weighted by molar-refractivity contribution is 5.54. The Hall–Kier alpha value is -2.64. The molecule has 0 radical (unpaired) electrons. The zero-order chi connectivity index (χ0) is 14.5. The van der Waals surface area contributed by atoms with Gasteiger partial charge in [-0.1, -0.05) is 0 Å². The van der Waals surface area contributed by atoms with Crippen LogP contribution >= 0.6 is 0 Å².